The van der Waals surface area contributed by atoms with Crippen molar-refractivity contribution in [3.8, 4) is 5.75 Å². The maximum absolute atomic E-state index is 10.5. The Morgan fingerprint density at radius 2 is 2.00 bits per heavy atom. The Labute approximate surface area is 125 Å². The van der Waals surface area contributed by atoms with E-state index in [1.54, 1.807) is 6.92 Å². The first-order chi connectivity index (χ1) is 10.1. The summed E-state index contributed by atoms with van der Waals surface area (Å²) < 4.78 is 5.79. The highest BCUT2D eigenvalue weighted by Gasteiger charge is 2.24. The number of benzene rings is 2. The molecule has 0 bridgehead atoms. The van der Waals surface area contributed by atoms with E-state index in [0.29, 0.717) is 0 Å². The first-order valence-electron chi connectivity index (χ1n) is 7.35. The van der Waals surface area contributed by atoms with E-state index in [2.05, 4.69) is 0 Å². The predicted molar refractivity (Wildman–Crippen MR) is 83.2 cm³/mol. The highest BCUT2D eigenvalue weighted by atomic mass is 16.5. The summed E-state index contributed by atoms with van der Waals surface area (Å²) in [7, 11) is 0. The van der Waals surface area contributed by atoms with Gasteiger partial charge in [-0.25, -0.2) is 0 Å². The van der Waals surface area contributed by atoms with Crippen molar-refractivity contribution >= 4 is 0 Å². The molecule has 3 rings (SSSR count). The lowest BCUT2D eigenvalue weighted by Gasteiger charge is -2.24. The molecule has 1 aliphatic carbocycles. The lowest BCUT2D eigenvalue weighted by molar-refractivity contribution is 0.00757. The highest BCUT2D eigenvalue weighted by Crippen LogP contribution is 2.32. The third-order valence-corrected chi connectivity index (χ3v) is 4.15. The zero-order chi connectivity index (χ0) is 14.9. The molecular weight excluding hydrogens is 262 g/mol. The fraction of sp³-hybridized carbons (Fsp3) is 0.333. The van der Waals surface area contributed by atoms with E-state index in [0.717, 1.165) is 24.2 Å². The number of rotatable bonds is 4. The van der Waals surface area contributed by atoms with Gasteiger partial charge in [0.1, 0.15) is 18.0 Å². The Kier molecular flexibility index (Phi) is 3.70. The maximum atomic E-state index is 10.5. The van der Waals surface area contributed by atoms with Crippen LogP contribution in [-0.4, -0.2) is 11.7 Å². The molecule has 0 fully saturated rings. The van der Waals surface area contributed by atoms with Crippen LogP contribution in [0.25, 0.3) is 0 Å². The van der Waals surface area contributed by atoms with E-state index in [9.17, 15) is 5.11 Å². The molecule has 0 spiro atoms. The van der Waals surface area contributed by atoms with Gasteiger partial charge in [-0.1, -0.05) is 36.4 Å². The minimum Gasteiger partial charge on any atom is -0.490 e. The molecule has 3 N–H and O–H groups in total. The Morgan fingerprint density at radius 1 is 1.24 bits per heavy atom. The van der Waals surface area contributed by atoms with Crippen molar-refractivity contribution in [2.75, 3.05) is 6.61 Å². The molecule has 0 amide bonds. The monoisotopic (exact) mass is 283 g/mol. The van der Waals surface area contributed by atoms with Gasteiger partial charge in [0.25, 0.3) is 0 Å². The van der Waals surface area contributed by atoms with Crippen LogP contribution >= 0.6 is 0 Å². The average Bonchev–Trinajstić information content (AvgIpc) is 2.87. The van der Waals surface area contributed by atoms with Crippen molar-refractivity contribution in [1.82, 2.24) is 0 Å². The van der Waals surface area contributed by atoms with Crippen LogP contribution in [0.4, 0.5) is 0 Å². The molecule has 2 unspecified atom stereocenters. The van der Waals surface area contributed by atoms with Gasteiger partial charge in [-0.05, 0) is 48.6 Å². The van der Waals surface area contributed by atoms with E-state index in [4.69, 9.17) is 10.5 Å². The Hall–Kier alpha value is -1.84. The largest absolute Gasteiger partial charge is 0.490 e. The van der Waals surface area contributed by atoms with Gasteiger partial charge in [-0.2, -0.15) is 0 Å². The summed E-state index contributed by atoms with van der Waals surface area (Å²) >= 11 is 0. The zero-order valence-electron chi connectivity index (χ0n) is 12.3. The quantitative estimate of drug-likeness (QED) is 0.907. The molecule has 0 radical (unpaired) electrons. The van der Waals surface area contributed by atoms with Crippen LogP contribution in [0, 0.1) is 0 Å². The fourth-order valence-corrected chi connectivity index (χ4v) is 2.82. The van der Waals surface area contributed by atoms with Gasteiger partial charge in [0.05, 0.1) is 0 Å². The van der Waals surface area contributed by atoms with E-state index < -0.39 is 5.60 Å². The van der Waals surface area contributed by atoms with Crippen LogP contribution in [-0.2, 0) is 12.0 Å². The minimum atomic E-state index is -1.00. The molecule has 0 aromatic heterocycles. The topological polar surface area (TPSA) is 55.5 Å². The second kappa shape index (κ2) is 5.51. The number of fused-ring (bicyclic) bond motifs is 1. The third-order valence-electron chi connectivity index (χ3n) is 4.15. The minimum absolute atomic E-state index is 0.154. The summed E-state index contributed by atoms with van der Waals surface area (Å²) in [5.74, 6) is 0.791. The number of aliphatic hydroxyl groups is 1. The predicted octanol–water partition coefficient (Wildman–Crippen LogP) is 2.92. The molecule has 2 aromatic rings. The molecular formula is C18H21NO2. The summed E-state index contributed by atoms with van der Waals surface area (Å²) in [6, 6.07) is 15.8. The van der Waals surface area contributed by atoms with Gasteiger partial charge < -0.3 is 15.6 Å². The summed E-state index contributed by atoms with van der Waals surface area (Å²) in [4.78, 5) is 0. The summed E-state index contributed by atoms with van der Waals surface area (Å²) in [5, 5.41) is 10.5. The Bertz CT molecular complexity index is 622. The van der Waals surface area contributed by atoms with Gasteiger partial charge >= 0.3 is 0 Å². The lowest BCUT2D eigenvalue weighted by Crippen LogP contribution is -2.29. The number of hydrogen-bond acceptors (Lipinski definition) is 3. The summed E-state index contributed by atoms with van der Waals surface area (Å²) in [6.45, 7) is 1.99. The van der Waals surface area contributed by atoms with Crippen molar-refractivity contribution in [2.45, 2.75) is 31.4 Å². The molecule has 0 aliphatic heterocycles. The second-order valence-corrected chi connectivity index (χ2v) is 5.93. The standard InChI is InChI=1S/C18H21NO2/c1-18(20,14-5-3-2-4-6-14)12-21-15-8-9-16-13(11-15)7-10-17(16)19/h2-6,8-9,11,17,20H,7,10,12,19H2,1H3. The summed E-state index contributed by atoms with van der Waals surface area (Å²) in [6.07, 6.45) is 2.00. The lowest BCUT2D eigenvalue weighted by atomic mass is 9.97. The van der Waals surface area contributed by atoms with Crippen LogP contribution in [0.3, 0.4) is 0 Å². The van der Waals surface area contributed by atoms with E-state index in [1.807, 2.05) is 48.5 Å². The molecule has 110 valence electrons. The van der Waals surface area contributed by atoms with Gasteiger partial charge in [0.2, 0.25) is 0 Å². The smallest absolute Gasteiger partial charge is 0.121 e. The van der Waals surface area contributed by atoms with Crippen LogP contribution in [0.2, 0.25) is 0 Å². The van der Waals surface area contributed by atoms with Crippen LogP contribution in [0.5, 0.6) is 5.75 Å². The van der Waals surface area contributed by atoms with Crippen molar-refractivity contribution in [1.29, 1.82) is 0 Å². The van der Waals surface area contributed by atoms with Gasteiger partial charge in [-0.15, -0.1) is 0 Å². The van der Waals surface area contributed by atoms with E-state index in [-0.39, 0.29) is 12.6 Å². The second-order valence-electron chi connectivity index (χ2n) is 5.93. The average molecular weight is 283 g/mol. The van der Waals surface area contributed by atoms with Crippen LogP contribution in [0.15, 0.2) is 48.5 Å². The number of nitrogens with two attached hydrogens (primary N) is 1. The molecule has 2 atom stereocenters. The van der Waals surface area contributed by atoms with Crippen molar-refractivity contribution in [2.24, 2.45) is 5.73 Å². The number of aryl methyl sites for hydroxylation is 1. The maximum Gasteiger partial charge on any atom is 0.121 e. The normalized spacial score (nSPS) is 19.9. The van der Waals surface area contributed by atoms with E-state index in [1.165, 1.54) is 11.1 Å². The van der Waals surface area contributed by atoms with Crippen molar-refractivity contribution in [3.05, 3.63) is 65.2 Å². The molecule has 0 heterocycles. The molecule has 3 heteroatoms. The highest BCUT2D eigenvalue weighted by molar-refractivity contribution is 5.40. The Balaban J connectivity index is 1.71. The van der Waals surface area contributed by atoms with Gasteiger partial charge in [0.15, 0.2) is 0 Å². The Morgan fingerprint density at radius 3 is 2.76 bits per heavy atom. The fourth-order valence-electron chi connectivity index (χ4n) is 2.82. The third kappa shape index (κ3) is 2.94. The zero-order valence-corrected chi connectivity index (χ0v) is 12.3. The van der Waals surface area contributed by atoms with E-state index >= 15 is 0 Å². The van der Waals surface area contributed by atoms with Crippen LogP contribution < -0.4 is 10.5 Å². The first-order valence-corrected chi connectivity index (χ1v) is 7.35. The molecule has 0 saturated heterocycles. The molecule has 21 heavy (non-hydrogen) atoms. The molecule has 1 aliphatic rings. The molecule has 0 saturated carbocycles. The number of ether oxygens (including phenoxy) is 1. The van der Waals surface area contributed by atoms with Crippen molar-refractivity contribution < 1.29 is 9.84 Å². The number of hydrogen-bond donors (Lipinski definition) is 2. The SMILES string of the molecule is CC(O)(COc1ccc2c(c1)CCC2N)c1ccccc1. The summed E-state index contributed by atoms with van der Waals surface area (Å²) in [5.41, 5.74) is 8.37. The molecule has 2 aromatic carbocycles. The van der Waals surface area contributed by atoms with Crippen molar-refractivity contribution in [3.63, 3.8) is 0 Å². The first kappa shape index (κ1) is 14.1. The van der Waals surface area contributed by atoms with Gasteiger partial charge in [-0.3, -0.25) is 0 Å². The van der Waals surface area contributed by atoms with Gasteiger partial charge in [0, 0.05) is 6.04 Å². The van der Waals surface area contributed by atoms with Crippen LogP contribution in [0.1, 0.15) is 36.1 Å². The molecule has 3 nitrogen and oxygen atoms in total.